The molecule has 0 aliphatic heterocycles. The van der Waals surface area contributed by atoms with Gasteiger partial charge in [0.05, 0.1) is 18.0 Å². The molecule has 0 bridgehead atoms. The van der Waals surface area contributed by atoms with Crippen molar-refractivity contribution >= 4 is 21.6 Å². The molecule has 0 fully saturated rings. The quantitative estimate of drug-likeness (QED) is 0.182. The number of carbonyl (C=O) groups excluding carboxylic acids is 1. The van der Waals surface area contributed by atoms with Crippen LogP contribution in [0.2, 0.25) is 0 Å². The normalized spacial score (nSPS) is 12.7. The van der Waals surface area contributed by atoms with E-state index >= 15 is 0 Å². The number of carbonyl (C=O) groups is 1. The average molecular weight is 570 g/mol. The van der Waals surface area contributed by atoms with E-state index in [9.17, 15) is 28.5 Å². The number of aliphatic hydroxyl groups excluding tert-OH is 1. The number of phenolic OH excluding ortho intramolecular Hbond substituents is 2. The molecule has 0 aliphatic carbocycles. The summed E-state index contributed by atoms with van der Waals surface area (Å²) in [5, 5.41) is 36.8. The molecule has 9 nitrogen and oxygen atoms in total. The fourth-order valence-electron chi connectivity index (χ4n) is 4.47. The fourth-order valence-corrected chi connectivity index (χ4v) is 5.03. The number of aromatic hydroxyl groups is 2. The maximum absolute atomic E-state index is 12.8. The monoisotopic (exact) mass is 569 g/mol. The van der Waals surface area contributed by atoms with Crippen molar-refractivity contribution in [3.8, 4) is 11.5 Å². The first-order valence-electron chi connectivity index (χ1n) is 13.0. The molecular weight excluding hydrogens is 530 g/mol. The Morgan fingerprint density at radius 2 is 1.70 bits per heavy atom. The molecule has 40 heavy (non-hydrogen) atoms. The molecule has 216 valence electrons. The number of aliphatic hydroxyl groups is 1. The van der Waals surface area contributed by atoms with Crippen molar-refractivity contribution in [3.05, 3.63) is 88.0 Å². The van der Waals surface area contributed by atoms with Crippen LogP contribution < -0.4 is 15.4 Å². The van der Waals surface area contributed by atoms with E-state index in [0.717, 1.165) is 28.5 Å². The summed E-state index contributed by atoms with van der Waals surface area (Å²) in [5.41, 5.74) is 4.39. The second kappa shape index (κ2) is 12.7. The van der Waals surface area contributed by atoms with Crippen LogP contribution in [0.15, 0.2) is 54.6 Å². The van der Waals surface area contributed by atoms with Crippen LogP contribution in [0.5, 0.6) is 11.5 Å². The highest BCUT2D eigenvalue weighted by atomic mass is 32.2. The van der Waals surface area contributed by atoms with E-state index in [1.807, 2.05) is 52.0 Å². The topological polar surface area (TPSA) is 148 Å². The zero-order valence-electron chi connectivity index (χ0n) is 23.6. The Labute approximate surface area is 236 Å². The third-order valence-electron chi connectivity index (χ3n) is 6.64. The van der Waals surface area contributed by atoms with Gasteiger partial charge in [0.1, 0.15) is 11.5 Å². The largest absolute Gasteiger partial charge is 0.508 e. The lowest BCUT2D eigenvalue weighted by Crippen LogP contribution is -2.43. The van der Waals surface area contributed by atoms with E-state index in [1.165, 1.54) is 18.2 Å². The van der Waals surface area contributed by atoms with Crippen molar-refractivity contribution in [2.45, 2.75) is 52.2 Å². The van der Waals surface area contributed by atoms with Gasteiger partial charge in [-0.25, -0.2) is 8.42 Å². The number of rotatable bonds is 12. The van der Waals surface area contributed by atoms with Crippen LogP contribution in [0.3, 0.4) is 0 Å². The van der Waals surface area contributed by atoms with E-state index in [4.69, 9.17) is 0 Å². The van der Waals surface area contributed by atoms with Gasteiger partial charge in [-0.1, -0.05) is 24.3 Å². The van der Waals surface area contributed by atoms with Crippen molar-refractivity contribution < 1.29 is 28.5 Å². The lowest BCUT2D eigenvalue weighted by molar-refractivity contribution is 0.0954. The highest BCUT2D eigenvalue weighted by Crippen LogP contribution is 2.28. The molecule has 0 saturated heterocycles. The van der Waals surface area contributed by atoms with Gasteiger partial charge in [0.2, 0.25) is 10.0 Å². The van der Waals surface area contributed by atoms with Crippen LogP contribution in [0.4, 0.5) is 5.69 Å². The summed E-state index contributed by atoms with van der Waals surface area (Å²) in [4.78, 5) is 12.8. The molecule has 3 rings (SSSR count). The molecule has 3 aromatic carbocycles. The average Bonchev–Trinajstić information content (AvgIpc) is 2.86. The number of amides is 1. The van der Waals surface area contributed by atoms with E-state index in [1.54, 1.807) is 12.1 Å². The van der Waals surface area contributed by atoms with Crippen molar-refractivity contribution in [2.24, 2.45) is 0 Å². The molecular formula is C30H39N3O6S. The Kier molecular flexibility index (Phi) is 9.83. The first kappa shape index (κ1) is 30.9. The second-order valence-corrected chi connectivity index (χ2v) is 12.6. The predicted octanol–water partition coefficient (Wildman–Crippen LogP) is 3.70. The Bertz CT molecular complexity index is 1470. The number of benzene rings is 3. The van der Waals surface area contributed by atoms with Gasteiger partial charge in [0.15, 0.2) is 0 Å². The summed E-state index contributed by atoms with van der Waals surface area (Å²) in [6, 6.07) is 15.4. The van der Waals surface area contributed by atoms with Gasteiger partial charge in [-0.15, -0.1) is 0 Å². The number of anilines is 1. The molecule has 1 amide bonds. The molecule has 1 atom stereocenters. The van der Waals surface area contributed by atoms with Crippen LogP contribution in [-0.2, 0) is 22.9 Å². The molecule has 0 radical (unpaired) electrons. The standard InChI is InChI=1S/C30H39N3O6S/c1-19-14-27(35)20(2)13-22(19)11-12-31-29(37)24-8-6-7-21(15-24)17-30(3,4)32-18-28(36)23-9-10-26(34)25(16-23)33-40(5,38)39/h6-10,13-16,28,32-36H,11-12,17-18H2,1-5H3,(H,31,37)/t28-/m0/s1. The molecule has 0 spiro atoms. The van der Waals surface area contributed by atoms with Crippen LogP contribution in [0.25, 0.3) is 0 Å². The smallest absolute Gasteiger partial charge is 0.251 e. The van der Waals surface area contributed by atoms with Gasteiger partial charge in [-0.05, 0) is 98.7 Å². The summed E-state index contributed by atoms with van der Waals surface area (Å²) in [6.07, 6.45) is 1.28. The first-order valence-corrected chi connectivity index (χ1v) is 14.9. The van der Waals surface area contributed by atoms with Crippen molar-refractivity contribution in [2.75, 3.05) is 24.1 Å². The van der Waals surface area contributed by atoms with Crippen LogP contribution in [0, 0.1) is 13.8 Å². The highest BCUT2D eigenvalue weighted by Gasteiger charge is 2.21. The Morgan fingerprint density at radius 3 is 2.40 bits per heavy atom. The lowest BCUT2D eigenvalue weighted by Gasteiger charge is -2.28. The Balaban J connectivity index is 1.57. The maximum atomic E-state index is 12.8. The minimum Gasteiger partial charge on any atom is -0.508 e. The third kappa shape index (κ3) is 8.97. The predicted molar refractivity (Wildman–Crippen MR) is 157 cm³/mol. The van der Waals surface area contributed by atoms with Gasteiger partial charge in [0.25, 0.3) is 5.91 Å². The molecule has 0 saturated carbocycles. The van der Waals surface area contributed by atoms with E-state index in [0.29, 0.717) is 30.5 Å². The summed E-state index contributed by atoms with van der Waals surface area (Å²) in [7, 11) is -3.59. The number of β-amino-alcohol motifs (C(OH)–C–C–N with tert-alkyl or cyclic N) is 1. The minimum atomic E-state index is -3.59. The number of nitrogens with one attached hydrogen (secondary N) is 3. The molecule has 6 N–H and O–H groups in total. The number of sulfonamides is 1. The van der Waals surface area contributed by atoms with Crippen LogP contribution in [-0.4, -0.2) is 54.5 Å². The number of phenols is 2. The van der Waals surface area contributed by atoms with Gasteiger partial charge < -0.3 is 26.0 Å². The highest BCUT2D eigenvalue weighted by molar-refractivity contribution is 7.92. The van der Waals surface area contributed by atoms with E-state index in [-0.39, 0.29) is 29.6 Å². The van der Waals surface area contributed by atoms with Gasteiger partial charge in [0, 0.05) is 24.2 Å². The Hall–Kier alpha value is -3.60. The van der Waals surface area contributed by atoms with Gasteiger partial charge in [-0.3, -0.25) is 9.52 Å². The molecule has 0 unspecified atom stereocenters. The lowest BCUT2D eigenvalue weighted by atomic mass is 9.93. The molecule has 0 aromatic heterocycles. The van der Waals surface area contributed by atoms with Gasteiger partial charge in [-0.2, -0.15) is 0 Å². The van der Waals surface area contributed by atoms with Crippen molar-refractivity contribution in [3.63, 3.8) is 0 Å². The zero-order valence-corrected chi connectivity index (χ0v) is 24.4. The first-order chi connectivity index (χ1) is 18.6. The zero-order chi connectivity index (χ0) is 29.7. The van der Waals surface area contributed by atoms with E-state index in [2.05, 4.69) is 15.4 Å². The van der Waals surface area contributed by atoms with Crippen molar-refractivity contribution in [1.82, 2.24) is 10.6 Å². The number of hydrogen-bond acceptors (Lipinski definition) is 7. The summed E-state index contributed by atoms with van der Waals surface area (Å²) in [5.74, 6) is -0.128. The summed E-state index contributed by atoms with van der Waals surface area (Å²) >= 11 is 0. The number of hydrogen-bond donors (Lipinski definition) is 6. The van der Waals surface area contributed by atoms with Crippen LogP contribution in [0.1, 0.15) is 58.1 Å². The third-order valence-corrected chi connectivity index (χ3v) is 7.24. The summed E-state index contributed by atoms with van der Waals surface area (Å²) < 4.78 is 25.3. The molecule has 10 heteroatoms. The summed E-state index contributed by atoms with van der Waals surface area (Å²) in [6.45, 7) is 8.42. The number of aryl methyl sites for hydroxylation is 2. The molecule has 0 heterocycles. The molecule has 0 aliphatic rings. The van der Waals surface area contributed by atoms with Crippen LogP contribution >= 0.6 is 0 Å². The SMILES string of the molecule is Cc1cc(CCNC(=O)c2cccc(CC(C)(C)NC[C@H](O)c3ccc(O)c(NS(C)(=O)=O)c3)c2)c(C)cc1O. The maximum Gasteiger partial charge on any atom is 0.251 e. The second-order valence-electron chi connectivity index (χ2n) is 10.9. The van der Waals surface area contributed by atoms with Gasteiger partial charge >= 0.3 is 0 Å². The Morgan fingerprint density at radius 1 is 0.975 bits per heavy atom. The molecule has 3 aromatic rings. The minimum absolute atomic E-state index is 0.00159. The van der Waals surface area contributed by atoms with Crippen molar-refractivity contribution in [1.29, 1.82) is 0 Å². The fraction of sp³-hybridized carbons (Fsp3) is 0.367. The van der Waals surface area contributed by atoms with E-state index < -0.39 is 21.7 Å².